The number of benzene rings is 1. The lowest BCUT2D eigenvalue weighted by Gasteiger charge is -2.01. The van der Waals surface area contributed by atoms with Crippen molar-refractivity contribution < 1.29 is 8.42 Å². The van der Waals surface area contributed by atoms with Gasteiger partial charge in [-0.15, -0.1) is 0 Å². The van der Waals surface area contributed by atoms with Crippen molar-refractivity contribution >= 4 is 21.2 Å². The van der Waals surface area contributed by atoms with Crippen molar-refractivity contribution in [3.8, 4) is 0 Å². The fourth-order valence-electron chi connectivity index (χ4n) is 0.860. The third-order valence-corrected chi connectivity index (χ3v) is 2.47. The van der Waals surface area contributed by atoms with Crippen LogP contribution < -0.4 is 11.5 Å². The number of rotatable bonds is 1. The molecule has 0 aromatic heterocycles. The molecule has 0 amide bonds. The highest BCUT2D eigenvalue weighted by Gasteiger charge is 2.07. The summed E-state index contributed by atoms with van der Waals surface area (Å²) in [7, 11) is -3.21. The number of nitrogen functional groups attached to an aromatic ring is 2. The van der Waals surface area contributed by atoms with Crippen molar-refractivity contribution in [1.82, 2.24) is 0 Å². The van der Waals surface area contributed by atoms with E-state index in [1.54, 1.807) is 0 Å². The van der Waals surface area contributed by atoms with Gasteiger partial charge in [0.15, 0.2) is 9.84 Å². The summed E-state index contributed by atoms with van der Waals surface area (Å²) in [5, 5.41) is 0. The van der Waals surface area contributed by atoms with Crippen LogP contribution in [0, 0.1) is 0 Å². The Morgan fingerprint density at radius 3 is 1.83 bits per heavy atom. The molecule has 0 radical (unpaired) electrons. The van der Waals surface area contributed by atoms with E-state index in [0.717, 1.165) is 6.26 Å². The topological polar surface area (TPSA) is 86.2 Å². The zero-order chi connectivity index (χ0) is 9.35. The maximum absolute atomic E-state index is 11.0. The molecule has 1 aromatic carbocycles. The molecule has 0 heterocycles. The Kier molecular flexibility index (Phi) is 1.97. The first kappa shape index (κ1) is 8.86. The maximum Gasteiger partial charge on any atom is 0.175 e. The third kappa shape index (κ3) is 1.88. The fraction of sp³-hybridized carbons (Fsp3) is 0.143. The Labute approximate surface area is 71.1 Å². The normalized spacial score (nSPS) is 11.4. The second-order valence-electron chi connectivity index (χ2n) is 2.61. The maximum atomic E-state index is 11.0. The molecular formula is C7H10N2O2S. The van der Waals surface area contributed by atoms with Crippen LogP contribution in [0.5, 0.6) is 0 Å². The average molecular weight is 186 g/mol. The molecule has 0 aliphatic rings. The molecule has 5 heteroatoms. The van der Waals surface area contributed by atoms with E-state index in [9.17, 15) is 8.42 Å². The van der Waals surface area contributed by atoms with Crippen molar-refractivity contribution in [2.45, 2.75) is 4.90 Å². The summed E-state index contributed by atoms with van der Waals surface area (Å²) in [5.41, 5.74) is 11.5. The van der Waals surface area contributed by atoms with Crippen molar-refractivity contribution in [2.75, 3.05) is 17.7 Å². The molecule has 4 N–H and O–H groups in total. The molecule has 0 spiro atoms. The summed E-state index contributed by atoms with van der Waals surface area (Å²) < 4.78 is 22.1. The molecule has 0 fully saturated rings. The predicted octanol–water partition coefficient (Wildman–Crippen LogP) is 0.255. The first-order chi connectivity index (χ1) is 5.39. The molecule has 1 rings (SSSR count). The minimum absolute atomic E-state index is 0.153. The quantitative estimate of drug-likeness (QED) is 0.616. The molecule has 0 aliphatic heterocycles. The van der Waals surface area contributed by atoms with E-state index in [2.05, 4.69) is 0 Å². The monoisotopic (exact) mass is 186 g/mol. The van der Waals surface area contributed by atoms with Crippen LogP contribution >= 0.6 is 0 Å². The molecular weight excluding hydrogens is 176 g/mol. The summed E-state index contributed by atoms with van der Waals surface area (Å²) in [6, 6.07) is 4.27. The first-order valence-electron chi connectivity index (χ1n) is 3.26. The van der Waals surface area contributed by atoms with Gasteiger partial charge in [-0.3, -0.25) is 0 Å². The van der Waals surface area contributed by atoms with Crippen LogP contribution in [0.4, 0.5) is 11.4 Å². The zero-order valence-corrected chi connectivity index (χ0v) is 7.43. The van der Waals surface area contributed by atoms with E-state index in [-0.39, 0.29) is 4.90 Å². The number of anilines is 2. The molecule has 66 valence electrons. The lowest BCUT2D eigenvalue weighted by molar-refractivity contribution is 0.602. The van der Waals surface area contributed by atoms with Crippen molar-refractivity contribution in [3.63, 3.8) is 0 Å². The molecule has 0 bridgehead atoms. The van der Waals surface area contributed by atoms with E-state index in [1.807, 2.05) is 0 Å². The Hall–Kier alpha value is -1.23. The van der Waals surface area contributed by atoms with Crippen LogP contribution in [0.1, 0.15) is 0 Å². The molecule has 1 aromatic rings. The summed E-state index contributed by atoms with van der Waals surface area (Å²) in [6.45, 7) is 0. The number of sulfone groups is 1. The number of hydrogen-bond acceptors (Lipinski definition) is 4. The van der Waals surface area contributed by atoms with Crippen molar-refractivity contribution in [1.29, 1.82) is 0 Å². The molecule has 0 saturated carbocycles. The van der Waals surface area contributed by atoms with E-state index >= 15 is 0 Å². The zero-order valence-electron chi connectivity index (χ0n) is 6.61. The highest BCUT2D eigenvalue weighted by Crippen LogP contribution is 2.17. The van der Waals surface area contributed by atoms with E-state index in [4.69, 9.17) is 11.5 Å². The van der Waals surface area contributed by atoms with Crippen molar-refractivity contribution in [3.05, 3.63) is 18.2 Å². The van der Waals surface area contributed by atoms with Crippen molar-refractivity contribution in [2.24, 2.45) is 0 Å². The number of hydrogen-bond donors (Lipinski definition) is 2. The molecule has 0 unspecified atom stereocenters. The van der Waals surface area contributed by atoms with Crippen LogP contribution in [0.15, 0.2) is 23.1 Å². The van der Waals surface area contributed by atoms with E-state index in [1.165, 1.54) is 18.2 Å². The standard InChI is InChI=1S/C7H10N2O2S/c1-12(10,11)7-3-5(8)2-6(9)4-7/h2-4H,8-9H2,1H3. The van der Waals surface area contributed by atoms with Crippen LogP contribution in [0.3, 0.4) is 0 Å². The van der Waals surface area contributed by atoms with Gasteiger partial charge in [-0.05, 0) is 18.2 Å². The highest BCUT2D eigenvalue weighted by atomic mass is 32.2. The van der Waals surface area contributed by atoms with Gasteiger partial charge in [0.05, 0.1) is 4.90 Å². The predicted molar refractivity (Wildman–Crippen MR) is 48.4 cm³/mol. The molecule has 0 atom stereocenters. The van der Waals surface area contributed by atoms with E-state index < -0.39 is 9.84 Å². The van der Waals surface area contributed by atoms with Gasteiger partial charge in [-0.25, -0.2) is 8.42 Å². The smallest absolute Gasteiger partial charge is 0.175 e. The minimum Gasteiger partial charge on any atom is -0.399 e. The average Bonchev–Trinajstić information content (AvgIpc) is 1.82. The van der Waals surface area contributed by atoms with Crippen LogP contribution in [-0.2, 0) is 9.84 Å². The number of nitrogens with two attached hydrogens (primary N) is 2. The Bertz CT molecular complexity index is 378. The Morgan fingerprint density at radius 1 is 1.08 bits per heavy atom. The van der Waals surface area contributed by atoms with Crippen LogP contribution in [0.25, 0.3) is 0 Å². The summed E-state index contributed by atoms with van der Waals surface area (Å²) in [5.74, 6) is 0. The van der Waals surface area contributed by atoms with Gasteiger partial charge in [0.2, 0.25) is 0 Å². The van der Waals surface area contributed by atoms with Gasteiger partial charge in [-0.1, -0.05) is 0 Å². The largest absolute Gasteiger partial charge is 0.399 e. The molecule has 4 nitrogen and oxygen atoms in total. The summed E-state index contributed by atoms with van der Waals surface area (Å²) in [4.78, 5) is 0.153. The SMILES string of the molecule is CS(=O)(=O)c1cc(N)cc(N)c1. The second-order valence-corrected chi connectivity index (χ2v) is 4.62. The van der Waals surface area contributed by atoms with Gasteiger partial charge in [-0.2, -0.15) is 0 Å². The molecule has 0 aliphatic carbocycles. The molecule has 12 heavy (non-hydrogen) atoms. The lowest BCUT2D eigenvalue weighted by atomic mass is 10.3. The third-order valence-electron chi connectivity index (χ3n) is 1.38. The second kappa shape index (κ2) is 2.67. The summed E-state index contributed by atoms with van der Waals surface area (Å²) >= 11 is 0. The van der Waals surface area contributed by atoms with Gasteiger partial charge < -0.3 is 11.5 Å². The summed E-state index contributed by atoms with van der Waals surface area (Å²) in [6.07, 6.45) is 1.11. The fourth-order valence-corrected chi connectivity index (χ4v) is 1.56. The Morgan fingerprint density at radius 2 is 1.50 bits per heavy atom. The highest BCUT2D eigenvalue weighted by molar-refractivity contribution is 7.90. The lowest BCUT2D eigenvalue weighted by Crippen LogP contribution is -2.00. The molecule has 0 saturated heterocycles. The minimum atomic E-state index is -3.21. The Balaban J connectivity index is 3.37. The van der Waals surface area contributed by atoms with Crippen LogP contribution in [-0.4, -0.2) is 14.7 Å². The van der Waals surface area contributed by atoms with Gasteiger partial charge in [0, 0.05) is 17.6 Å². The first-order valence-corrected chi connectivity index (χ1v) is 5.15. The van der Waals surface area contributed by atoms with Crippen LogP contribution in [0.2, 0.25) is 0 Å². The van der Waals surface area contributed by atoms with Gasteiger partial charge in [0.25, 0.3) is 0 Å². The van der Waals surface area contributed by atoms with Gasteiger partial charge >= 0.3 is 0 Å². The van der Waals surface area contributed by atoms with E-state index in [0.29, 0.717) is 11.4 Å². The van der Waals surface area contributed by atoms with Gasteiger partial charge in [0.1, 0.15) is 0 Å².